The van der Waals surface area contributed by atoms with Crippen molar-refractivity contribution in [1.82, 2.24) is 15.2 Å². The van der Waals surface area contributed by atoms with Crippen molar-refractivity contribution in [2.75, 3.05) is 47.1 Å². The summed E-state index contributed by atoms with van der Waals surface area (Å²) in [5.41, 5.74) is 0.161. The van der Waals surface area contributed by atoms with Crippen LogP contribution in [0.5, 0.6) is 5.75 Å². The SMILES string of the molecule is COCCCNC(=O)c1coc(CN(CCCOC)C(=O)COc2ccc(Cl)cc2)n1. The predicted octanol–water partition coefficient (Wildman–Crippen LogP) is 2.54. The summed E-state index contributed by atoms with van der Waals surface area (Å²) in [7, 11) is 3.20. The third-order valence-electron chi connectivity index (χ3n) is 4.23. The summed E-state index contributed by atoms with van der Waals surface area (Å²) < 4.78 is 21.0. The Hall–Kier alpha value is -2.62. The smallest absolute Gasteiger partial charge is 0.273 e. The van der Waals surface area contributed by atoms with Crippen LogP contribution in [0.1, 0.15) is 29.2 Å². The second-order valence-corrected chi connectivity index (χ2v) is 7.07. The van der Waals surface area contributed by atoms with E-state index in [0.29, 0.717) is 49.9 Å². The molecule has 0 unspecified atom stereocenters. The highest BCUT2D eigenvalue weighted by molar-refractivity contribution is 6.30. The van der Waals surface area contributed by atoms with Gasteiger partial charge in [0.2, 0.25) is 5.89 Å². The van der Waals surface area contributed by atoms with Crippen molar-refractivity contribution in [2.45, 2.75) is 19.4 Å². The molecule has 10 heteroatoms. The zero-order valence-electron chi connectivity index (χ0n) is 17.8. The van der Waals surface area contributed by atoms with Crippen LogP contribution < -0.4 is 10.1 Å². The highest BCUT2D eigenvalue weighted by Crippen LogP contribution is 2.16. The second kappa shape index (κ2) is 13.6. The van der Waals surface area contributed by atoms with Gasteiger partial charge in [-0.2, -0.15) is 0 Å². The zero-order valence-corrected chi connectivity index (χ0v) is 18.5. The van der Waals surface area contributed by atoms with Gasteiger partial charge in [-0.05, 0) is 37.1 Å². The maximum Gasteiger partial charge on any atom is 0.273 e. The van der Waals surface area contributed by atoms with Crippen LogP contribution in [-0.4, -0.2) is 68.8 Å². The van der Waals surface area contributed by atoms with Crippen LogP contribution in [0.25, 0.3) is 0 Å². The van der Waals surface area contributed by atoms with Crippen molar-refractivity contribution >= 4 is 23.4 Å². The molecule has 170 valence electrons. The van der Waals surface area contributed by atoms with Gasteiger partial charge in [0, 0.05) is 45.5 Å². The van der Waals surface area contributed by atoms with Gasteiger partial charge in [-0.15, -0.1) is 0 Å². The fourth-order valence-electron chi connectivity index (χ4n) is 2.62. The van der Waals surface area contributed by atoms with Crippen molar-refractivity contribution in [3.05, 3.63) is 47.1 Å². The van der Waals surface area contributed by atoms with Crippen molar-refractivity contribution in [2.24, 2.45) is 0 Å². The molecule has 0 saturated carbocycles. The molecule has 0 fully saturated rings. The van der Waals surface area contributed by atoms with E-state index >= 15 is 0 Å². The van der Waals surface area contributed by atoms with Crippen molar-refractivity contribution in [1.29, 1.82) is 0 Å². The molecule has 0 aliphatic rings. The summed E-state index contributed by atoms with van der Waals surface area (Å²) in [6, 6.07) is 6.76. The van der Waals surface area contributed by atoms with E-state index in [1.54, 1.807) is 43.4 Å². The van der Waals surface area contributed by atoms with E-state index in [1.165, 1.54) is 6.26 Å². The normalized spacial score (nSPS) is 10.7. The predicted molar refractivity (Wildman–Crippen MR) is 114 cm³/mol. The Morgan fingerprint density at radius 2 is 1.84 bits per heavy atom. The maximum absolute atomic E-state index is 12.7. The molecule has 0 saturated heterocycles. The van der Waals surface area contributed by atoms with Gasteiger partial charge in [0.25, 0.3) is 11.8 Å². The minimum atomic E-state index is -0.338. The van der Waals surface area contributed by atoms with E-state index in [2.05, 4.69) is 10.3 Å². The number of halogens is 1. The van der Waals surface area contributed by atoms with Crippen LogP contribution in [0.4, 0.5) is 0 Å². The second-order valence-electron chi connectivity index (χ2n) is 6.63. The van der Waals surface area contributed by atoms with E-state index < -0.39 is 0 Å². The third-order valence-corrected chi connectivity index (χ3v) is 4.48. The number of carbonyl (C=O) groups is 2. The Labute approximate surface area is 186 Å². The molecule has 1 heterocycles. The number of oxazole rings is 1. The standard InChI is InChI=1S/C21H28ClN3O6/c1-28-11-3-9-23-21(27)18-14-31-19(24-18)13-25(10-4-12-29-2)20(26)15-30-17-7-5-16(22)6-8-17/h5-8,14H,3-4,9-13,15H2,1-2H3,(H,23,27). The topological polar surface area (TPSA) is 103 Å². The molecule has 0 atom stereocenters. The summed E-state index contributed by atoms with van der Waals surface area (Å²) in [4.78, 5) is 30.6. The molecule has 0 aliphatic heterocycles. The Bertz CT molecular complexity index is 812. The highest BCUT2D eigenvalue weighted by Gasteiger charge is 2.19. The minimum absolute atomic E-state index is 0.115. The molecule has 0 spiro atoms. The lowest BCUT2D eigenvalue weighted by Gasteiger charge is -2.21. The quantitative estimate of drug-likeness (QED) is 0.438. The van der Waals surface area contributed by atoms with E-state index in [1.807, 2.05) is 0 Å². The number of hydrogen-bond acceptors (Lipinski definition) is 7. The largest absolute Gasteiger partial charge is 0.484 e. The van der Waals surface area contributed by atoms with Gasteiger partial charge < -0.3 is 28.8 Å². The number of nitrogens with zero attached hydrogens (tertiary/aromatic N) is 2. The zero-order chi connectivity index (χ0) is 22.5. The minimum Gasteiger partial charge on any atom is -0.484 e. The van der Waals surface area contributed by atoms with Crippen molar-refractivity contribution in [3.63, 3.8) is 0 Å². The average molecular weight is 454 g/mol. The fraction of sp³-hybridized carbons (Fsp3) is 0.476. The molecule has 2 amide bonds. The first-order valence-electron chi connectivity index (χ1n) is 9.90. The molecule has 2 rings (SSSR count). The van der Waals surface area contributed by atoms with Gasteiger partial charge in [0.1, 0.15) is 12.0 Å². The van der Waals surface area contributed by atoms with Gasteiger partial charge in [-0.3, -0.25) is 9.59 Å². The molecule has 0 bridgehead atoms. The molecule has 9 nitrogen and oxygen atoms in total. The molecular weight excluding hydrogens is 426 g/mol. The number of carbonyl (C=O) groups excluding carboxylic acids is 2. The molecule has 0 aliphatic carbocycles. The number of amides is 2. The average Bonchev–Trinajstić information content (AvgIpc) is 3.24. The van der Waals surface area contributed by atoms with Crippen molar-refractivity contribution < 1.29 is 28.2 Å². The lowest BCUT2D eigenvalue weighted by Crippen LogP contribution is -2.36. The van der Waals surface area contributed by atoms with E-state index in [4.69, 9.17) is 30.2 Å². The first kappa shape index (κ1) is 24.6. The lowest BCUT2D eigenvalue weighted by molar-refractivity contribution is -0.134. The van der Waals surface area contributed by atoms with Crippen molar-refractivity contribution in [3.8, 4) is 5.75 Å². The van der Waals surface area contributed by atoms with E-state index in [-0.39, 0.29) is 36.6 Å². The Kier molecular flexibility index (Phi) is 10.8. The summed E-state index contributed by atoms with van der Waals surface area (Å²) in [6.45, 7) is 1.92. The first-order valence-corrected chi connectivity index (χ1v) is 10.3. The maximum atomic E-state index is 12.7. The van der Waals surface area contributed by atoms with Crippen LogP contribution in [0, 0.1) is 0 Å². The molecule has 0 radical (unpaired) electrons. The summed E-state index contributed by atoms with van der Waals surface area (Å²) in [5, 5.41) is 3.33. The van der Waals surface area contributed by atoms with Crippen LogP contribution in [-0.2, 0) is 20.8 Å². The number of hydrogen-bond donors (Lipinski definition) is 1. The first-order chi connectivity index (χ1) is 15.0. The lowest BCUT2D eigenvalue weighted by atomic mass is 10.3. The van der Waals surface area contributed by atoms with Crippen LogP contribution >= 0.6 is 11.6 Å². The molecule has 1 aromatic heterocycles. The molecular formula is C21H28ClN3O6. The molecule has 1 N–H and O–H groups in total. The van der Waals surface area contributed by atoms with Crippen LogP contribution in [0.3, 0.4) is 0 Å². The Morgan fingerprint density at radius 1 is 1.13 bits per heavy atom. The van der Waals surface area contributed by atoms with Gasteiger partial charge in [0.15, 0.2) is 12.3 Å². The Morgan fingerprint density at radius 3 is 2.55 bits per heavy atom. The fourth-order valence-corrected chi connectivity index (χ4v) is 2.74. The monoisotopic (exact) mass is 453 g/mol. The van der Waals surface area contributed by atoms with Crippen LogP contribution in [0.2, 0.25) is 5.02 Å². The van der Waals surface area contributed by atoms with Gasteiger partial charge in [-0.1, -0.05) is 11.6 Å². The van der Waals surface area contributed by atoms with E-state index in [9.17, 15) is 9.59 Å². The summed E-state index contributed by atoms with van der Waals surface area (Å²) in [5.74, 6) is 0.224. The molecule has 2 aromatic rings. The number of nitrogens with one attached hydrogen (secondary N) is 1. The van der Waals surface area contributed by atoms with Gasteiger partial charge >= 0.3 is 0 Å². The van der Waals surface area contributed by atoms with Gasteiger partial charge in [0.05, 0.1) is 6.54 Å². The third kappa shape index (κ3) is 8.95. The van der Waals surface area contributed by atoms with Crippen LogP contribution in [0.15, 0.2) is 34.9 Å². The molecule has 1 aromatic carbocycles. The highest BCUT2D eigenvalue weighted by atomic mass is 35.5. The summed E-state index contributed by atoms with van der Waals surface area (Å²) >= 11 is 5.86. The summed E-state index contributed by atoms with van der Waals surface area (Å²) in [6.07, 6.45) is 2.61. The number of methoxy groups -OCH3 is 2. The van der Waals surface area contributed by atoms with Gasteiger partial charge in [-0.25, -0.2) is 4.98 Å². The number of ether oxygens (including phenoxy) is 3. The Balaban J connectivity index is 1.93. The van der Waals surface area contributed by atoms with E-state index in [0.717, 1.165) is 0 Å². The number of benzene rings is 1. The number of aromatic nitrogens is 1. The molecule has 31 heavy (non-hydrogen) atoms. The number of rotatable bonds is 14.